The molecule has 1 aromatic rings. The highest BCUT2D eigenvalue weighted by Gasteiger charge is 2.03. The summed E-state index contributed by atoms with van der Waals surface area (Å²) in [6, 6.07) is 7.10. The molecule has 0 aromatic heterocycles. The first-order chi connectivity index (χ1) is 6.63. The van der Waals surface area contributed by atoms with Crippen LogP contribution in [0.4, 0.5) is 5.69 Å². The second-order valence-corrected chi connectivity index (χ2v) is 2.99. The van der Waals surface area contributed by atoms with Crippen molar-refractivity contribution in [3.05, 3.63) is 35.4 Å². The summed E-state index contributed by atoms with van der Waals surface area (Å²) in [4.78, 5) is 10.7. The van der Waals surface area contributed by atoms with Crippen molar-refractivity contribution >= 4 is 17.7 Å². The van der Waals surface area contributed by atoms with Crippen molar-refractivity contribution in [1.29, 1.82) is 0 Å². The maximum atomic E-state index is 10.7. The third-order valence-corrected chi connectivity index (χ3v) is 1.93. The molecule has 0 saturated carbocycles. The van der Waals surface area contributed by atoms with E-state index in [4.69, 9.17) is 10.8 Å². The zero-order chi connectivity index (χ0) is 10.6. The van der Waals surface area contributed by atoms with Crippen molar-refractivity contribution in [1.82, 2.24) is 0 Å². The van der Waals surface area contributed by atoms with Gasteiger partial charge in [0.1, 0.15) is 0 Å². The van der Waals surface area contributed by atoms with Crippen LogP contribution in [0.2, 0.25) is 0 Å². The van der Waals surface area contributed by atoms with Crippen LogP contribution in [0.3, 0.4) is 0 Å². The first kappa shape index (κ1) is 10.3. The van der Waals surface area contributed by atoms with E-state index in [0.29, 0.717) is 17.7 Å². The predicted octanol–water partition coefficient (Wildman–Crippen LogP) is 2.15. The van der Waals surface area contributed by atoms with Crippen LogP contribution in [-0.4, -0.2) is 11.1 Å². The fourth-order valence-electron chi connectivity index (χ4n) is 1.11. The standard InChI is InChI=1S/C11H13NO2/c1-2-9(11(13)14)7-8-3-5-10(12)6-4-8/h3-7H,2,12H2,1H3,(H,13,14). The number of rotatable bonds is 3. The maximum Gasteiger partial charge on any atom is 0.331 e. The smallest absolute Gasteiger partial charge is 0.331 e. The number of carboxylic acids is 1. The molecule has 3 nitrogen and oxygen atoms in total. The van der Waals surface area contributed by atoms with Crippen LogP contribution in [0, 0.1) is 0 Å². The van der Waals surface area contributed by atoms with Crippen LogP contribution in [0.15, 0.2) is 29.8 Å². The second kappa shape index (κ2) is 4.46. The minimum atomic E-state index is -0.871. The molecule has 0 spiro atoms. The van der Waals surface area contributed by atoms with Crippen molar-refractivity contribution in [3.8, 4) is 0 Å². The third kappa shape index (κ3) is 2.62. The number of hydrogen-bond donors (Lipinski definition) is 2. The maximum absolute atomic E-state index is 10.7. The summed E-state index contributed by atoms with van der Waals surface area (Å²) in [5.74, 6) is -0.871. The fourth-order valence-corrected chi connectivity index (χ4v) is 1.11. The quantitative estimate of drug-likeness (QED) is 0.568. The van der Waals surface area contributed by atoms with Crippen LogP contribution in [-0.2, 0) is 4.79 Å². The van der Waals surface area contributed by atoms with Gasteiger partial charge in [-0.3, -0.25) is 0 Å². The van der Waals surface area contributed by atoms with E-state index >= 15 is 0 Å². The van der Waals surface area contributed by atoms with Gasteiger partial charge >= 0.3 is 5.97 Å². The van der Waals surface area contributed by atoms with Crippen LogP contribution in [0.5, 0.6) is 0 Å². The minimum Gasteiger partial charge on any atom is -0.478 e. The number of aliphatic carboxylic acids is 1. The Morgan fingerprint density at radius 2 is 2.00 bits per heavy atom. The summed E-state index contributed by atoms with van der Waals surface area (Å²) in [6.07, 6.45) is 2.17. The third-order valence-electron chi connectivity index (χ3n) is 1.93. The van der Waals surface area contributed by atoms with Gasteiger partial charge in [-0.25, -0.2) is 4.79 Å². The van der Waals surface area contributed by atoms with Gasteiger partial charge in [-0.05, 0) is 30.2 Å². The topological polar surface area (TPSA) is 63.3 Å². The van der Waals surface area contributed by atoms with Gasteiger partial charge in [0.15, 0.2) is 0 Å². The van der Waals surface area contributed by atoms with E-state index in [-0.39, 0.29) is 0 Å². The molecule has 0 aliphatic rings. The zero-order valence-electron chi connectivity index (χ0n) is 8.03. The average molecular weight is 191 g/mol. The Morgan fingerprint density at radius 1 is 1.43 bits per heavy atom. The summed E-state index contributed by atoms with van der Waals surface area (Å²) in [5, 5.41) is 8.80. The Kier molecular flexibility index (Phi) is 3.29. The van der Waals surface area contributed by atoms with Crippen LogP contribution in [0.1, 0.15) is 18.9 Å². The lowest BCUT2D eigenvalue weighted by Crippen LogP contribution is -1.98. The monoisotopic (exact) mass is 191 g/mol. The lowest BCUT2D eigenvalue weighted by Gasteiger charge is -1.99. The molecule has 74 valence electrons. The van der Waals surface area contributed by atoms with Gasteiger partial charge in [0, 0.05) is 11.3 Å². The van der Waals surface area contributed by atoms with E-state index in [0.717, 1.165) is 5.56 Å². The molecule has 1 aromatic carbocycles. The molecular weight excluding hydrogens is 178 g/mol. The molecule has 3 N–H and O–H groups in total. The van der Waals surface area contributed by atoms with Crippen LogP contribution < -0.4 is 5.73 Å². The Balaban J connectivity index is 2.95. The van der Waals surface area contributed by atoms with Gasteiger partial charge in [-0.2, -0.15) is 0 Å². The summed E-state index contributed by atoms with van der Waals surface area (Å²) in [6.45, 7) is 1.82. The number of benzene rings is 1. The van der Waals surface area contributed by atoms with Gasteiger partial charge in [0.2, 0.25) is 0 Å². The molecule has 0 bridgehead atoms. The first-order valence-corrected chi connectivity index (χ1v) is 4.43. The van der Waals surface area contributed by atoms with E-state index in [1.165, 1.54) is 0 Å². The second-order valence-electron chi connectivity index (χ2n) is 2.99. The number of hydrogen-bond acceptors (Lipinski definition) is 2. The van der Waals surface area contributed by atoms with Gasteiger partial charge in [-0.15, -0.1) is 0 Å². The molecule has 1 rings (SSSR count). The van der Waals surface area contributed by atoms with Crippen molar-refractivity contribution in [3.63, 3.8) is 0 Å². The van der Waals surface area contributed by atoms with Crippen LogP contribution >= 0.6 is 0 Å². The molecule has 0 unspecified atom stereocenters. The molecule has 0 aliphatic carbocycles. The lowest BCUT2D eigenvalue weighted by molar-refractivity contribution is -0.132. The summed E-state index contributed by atoms with van der Waals surface area (Å²) in [7, 11) is 0. The highest BCUT2D eigenvalue weighted by atomic mass is 16.4. The van der Waals surface area contributed by atoms with Crippen molar-refractivity contribution in [2.45, 2.75) is 13.3 Å². The van der Waals surface area contributed by atoms with Gasteiger partial charge in [-0.1, -0.05) is 19.1 Å². The molecule has 14 heavy (non-hydrogen) atoms. The molecule has 0 radical (unpaired) electrons. The molecule has 0 fully saturated rings. The van der Waals surface area contributed by atoms with E-state index in [2.05, 4.69) is 0 Å². The van der Waals surface area contributed by atoms with E-state index in [9.17, 15) is 4.79 Å². The Hall–Kier alpha value is -1.77. The van der Waals surface area contributed by atoms with E-state index < -0.39 is 5.97 Å². The number of nitrogen functional groups attached to an aromatic ring is 1. The largest absolute Gasteiger partial charge is 0.478 e. The summed E-state index contributed by atoms with van der Waals surface area (Å²) in [5.41, 5.74) is 7.45. The van der Waals surface area contributed by atoms with Crippen molar-refractivity contribution < 1.29 is 9.90 Å². The SMILES string of the molecule is CCC(=Cc1ccc(N)cc1)C(=O)O. The summed E-state index contributed by atoms with van der Waals surface area (Å²) >= 11 is 0. The first-order valence-electron chi connectivity index (χ1n) is 4.43. The number of carbonyl (C=O) groups is 1. The molecule has 0 saturated heterocycles. The number of nitrogens with two attached hydrogens (primary N) is 1. The Bertz CT molecular complexity index is 352. The number of carboxylic acid groups (broad SMARTS) is 1. The Morgan fingerprint density at radius 3 is 2.43 bits per heavy atom. The molecule has 0 heterocycles. The molecule has 0 aliphatic heterocycles. The molecule has 0 atom stereocenters. The lowest BCUT2D eigenvalue weighted by atomic mass is 10.1. The highest BCUT2D eigenvalue weighted by Crippen LogP contribution is 2.11. The predicted molar refractivity (Wildman–Crippen MR) is 56.8 cm³/mol. The van der Waals surface area contributed by atoms with Gasteiger partial charge < -0.3 is 10.8 Å². The van der Waals surface area contributed by atoms with E-state index in [1.54, 1.807) is 30.3 Å². The fraction of sp³-hybridized carbons (Fsp3) is 0.182. The molecule has 3 heteroatoms. The highest BCUT2D eigenvalue weighted by molar-refractivity contribution is 5.92. The Labute approximate surface area is 82.9 Å². The molecular formula is C11H13NO2. The zero-order valence-corrected chi connectivity index (χ0v) is 8.03. The van der Waals surface area contributed by atoms with Crippen molar-refractivity contribution in [2.75, 3.05) is 5.73 Å². The number of anilines is 1. The summed E-state index contributed by atoms with van der Waals surface area (Å²) < 4.78 is 0. The average Bonchev–Trinajstić information content (AvgIpc) is 2.16. The van der Waals surface area contributed by atoms with Gasteiger partial charge in [0.05, 0.1) is 0 Å². The minimum absolute atomic E-state index is 0.398. The molecule has 0 amide bonds. The van der Waals surface area contributed by atoms with Crippen molar-refractivity contribution in [2.24, 2.45) is 0 Å². The normalized spacial score (nSPS) is 11.4. The van der Waals surface area contributed by atoms with Gasteiger partial charge in [0.25, 0.3) is 0 Å². The van der Waals surface area contributed by atoms with E-state index in [1.807, 2.05) is 6.92 Å². The van der Waals surface area contributed by atoms with Crippen LogP contribution in [0.25, 0.3) is 6.08 Å².